The van der Waals surface area contributed by atoms with Gasteiger partial charge in [-0.2, -0.15) is 5.26 Å². The number of aliphatic hydroxyl groups is 1. The maximum absolute atomic E-state index is 8.95. The summed E-state index contributed by atoms with van der Waals surface area (Å²) in [5.74, 6) is 0.241. The lowest BCUT2D eigenvalue weighted by atomic mass is 10.1. The second-order valence-corrected chi connectivity index (χ2v) is 2.52. The molecule has 0 bridgehead atoms. The summed E-state index contributed by atoms with van der Waals surface area (Å²) in [5, 5.41) is 17.5. The van der Waals surface area contributed by atoms with Crippen LogP contribution >= 0.6 is 0 Å². The summed E-state index contributed by atoms with van der Waals surface area (Å²) in [7, 11) is 0. The molecule has 2 nitrogen and oxygen atoms in total. The van der Waals surface area contributed by atoms with Crippen molar-refractivity contribution in [1.82, 2.24) is 0 Å². The topological polar surface area (TPSA) is 44.0 Å². The summed E-state index contributed by atoms with van der Waals surface area (Å²) < 4.78 is 0. The minimum absolute atomic E-state index is 0.241. The Bertz CT molecular complexity index is 343. The van der Waals surface area contributed by atoms with Gasteiger partial charge >= 0.3 is 0 Å². The molecule has 1 rings (SSSR count). The highest BCUT2D eigenvalue weighted by Gasteiger charge is 1.91. The molecule has 0 amide bonds. The number of nitrogens with zero attached hydrogens (tertiary/aromatic N) is 1. The average molecular weight is 159 g/mol. The van der Waals surface area contributed by atoms with E-state index >= 15 is 0 Å². The second-order valence-electron chi connectivity index (χ2n) is 2.52. The van der Waals surface area contributed by atoms with E-state index in [1.165, 1.54) is 0 Å². The summed E-state index contributed by atoms with van der Waals surface area (Å²) in [5.41, 5.74) is 1.44. The van der Waals surface area contributed by atoms with Gasteiger partial charge in [-0.25, -0.2) is 0 Å². The Morgan fingerprint density at radius 2 is 2.33 bits per heavy atom. The Balaban J connectivity index is 3.04. The molecule has 0 fully saturated rings. The molecule has 0 saturated heterocycles. The minimum atomic E-state index is 0.241. The monoisotopic (exact) mass is 159 g/mol. The van der Waals surface area contributed by atoms with Crippen molar-refractivity contribution in [1.29, 1.82) is 5.26 Å². The maximum atomic E-state index is 8.95. The van der Waals surface area contributed by atoms with E-state index in [1.54, 1.807) is 31.2 Å². The van der Waals surface area contributed by atoms with Crippen molar-refractivity contribution in [2.75, 3.05) is 0 Å². The molecule has 0 aliphatic rings. The van der Waals surface area contributed by atoms with Crippen molar-refractivity contribution in [3.05, 3.63) is 41.2 Å². The van der Waals surface area contributed by atoms with Crippen molar-refractivity contribution >= 4 is 6.08 Å². The molecule has 60 valence electrons. The van der Waals surface area contributed by atoms with E-state index in [9.17, 15) is 0 Å². The second kappa shape index (κ2) is 3.59. The molecule has 0 spiro atoms. The molecule has 0 heterocycles. The van der Waals surface area contributed by atoms with E-state index in [-0.39, 0.29) is 5.76 Å². The molecule has 0 radical (unpaired) electrons. The fraction of sp³-hybridized carbons (Fsp3) is 0.100. The summed E-state index contributed by atoms with van der Waals surface area (Å²) in [6.07, 6.45) is 1.61. The molecule has 1 N–H and O–H groups in total. The molecule has 12 heavy (non-hydrogen) atoms. The Labute approximate surface area is 71.4 Å². The van der Waals surface area contributed by atoms with Gasteiger partial charge in [0, 0.05) is 0 Å². The third kappa shape index (κ3) is 2.14. The molecular weight excluding hydrogens is 150 g/mol. The lowest BCUT2D eigenvalue weighted by molar-refractivity contribution is 0.420. The van der Waals surface area contributed by atoms with Crippen LogP contribution in [0.3, 0.4) is 0 Å². The van der Waals surface area contributed by atoms with Crippen LogP contribution in [-0.4, -0.2) is 5.11 Å². The highest BCUT2D eigenvalue weighted by molar-refractivity contribution is 5.53. The van der Waals surface area contributed by atoms with Gasteiger partial charge in [0.25, 0.3) is 0 Å². The van der Waals surface area contributed by atoms with Crippen LogP contribution in [0.1, 0.15) is 18.1 Å². The smallest absolute Gasteiger partial charge is 0.0991 e. The molecule has 1 aromatic rings. The van der Waals surface area contributed by atoms with E-state index in [1.807, 2.05) is 12.1 Å². The van der Waals surface area contributed by atoms with Crippen molar-refractivity contribution < 1.29 is 5.11 Å². The van der Waals surface area contributed by atoms with Crippen molar-refractivity contribution in [2.45, 2.75) is 6.92 Å². The number of hydrogen-bond donors (Lipinski definition) is 1. The van der Waals surface area contributed by atoms with Gasteiger partial charge in [0.1, 0.15) is 0 Å². The molecule has 0 saturated carbocycles. The Hall–Kier alpha value is -1.75. The lowest BCUT2D eigenvalue weighted by Crippen LogP contribution is -1.77. The number of nitriles is 1. The van der Waals surface area contributed by atoms with Crippen LogP contribution in [0.25, 0.3) is 6.08 Å². The predicted octanol–water partition coefficient (Wildman–Crippen LogP) is 2.48. The van der Waals surface area contributed by atoms with Crippen molar-refractivity contribution in [2.24, 2.45) is 0 Å². The number of rotatable bonds is 1. The molecule has 0 aliphatic heterocycles. The molecule has 0 atom stereocenters. The Kier molecular flexibility index (Phi) is 2.49. The van der Waals surface area contributed by atoms with Crippen LogP contribution < -0.4 is 0 Å². The molecule has 0 aliphatic carbocycles. The van der Waals surface area contributed by atoms with E-state index in [2.05, 4.69) is 0 Å². The van der Waals surface area contributed by atoms with E-state index in [0.717, 1.165) is 5.56 Å². The maximum Gasteiger partial charge on any atom is 0.0991 e. The van der Waals surface area contributed by atoms with Gasteiger partial charge in [-0.1, -0.05) is 12.1 Å². The molecule has 0 aromatic heterocycles. The highest BCUT2D eigenvalue weighted by atomic mass is 16.3. The zero-order chi connectivity index (χ0) is 8.97. The minimum Gasteiger partial charge on any atom is -0.513 e. The summed E-state index contributed by atoms with van der Waals surface area (Å²) in [4.78, 5) is 0. The first-order valence-corrected chi connectivity index (χ1v) is 3.60. The van der Waals surface area contributed by atoms with E-state index in [4.69, 9.17) is 10.4 Å². The van der Waals surface area contributed by atoms with Crippen LogP contribution in [-0.2, 0) is 0 Å². The summed E-state index contributed by atoms with van der Waals surface area (Å²) in [6, 6.07) is 9.10. The van der Waals surface area contributed by atoms with Gasteiger partial charge in [0.05, 0.1) is 17.4 Å². The predicted molar refractivity (Wildman–Crippen MR) is 47.4 cm³/mol. The quantitative estimate of drug-likeness (QED) is 0.639. The number of benzene rings is 1. The number of allylic oxidation sites excluding steroid dienone is 1. The first kappa shape index (κ1) is 8.35. The van der Waals surface area contributed by atoms with Crippen molar-refractivity contribution in [3.63, 3.8) is 0 Å². The first-order valence-electron chi connectivity index (χ1n) is 3.60. The third-order valence-electron chi connectivity index (χ3n) is 1.39. The average Bonchev–Trinajstić information content (AvgIpc) is 2.03. The van der Waals surface area contributed by atoms with Gasteiger partial charge in [0.2, 0.25) is 0 Å². The highest BCUT2D eigenvalue weighted by Crippen LogP contribution is 2.07. The van der Waals surface area contributed by atoms with Crippen molar-refractivity contribution in [3.8, 4) is 6.07 Å². The Morgan fingerprint density at radius 1 is 1.58 bits per heavy atom. The largest absolute Gasteiger partial charge is 0.513 e. The normalized spacial score (nSPS) is 10.8. The van der Waals surface area contributed by atoms with Crippen LogP contribution in [0.4, 0.5) is 0 Å². The summed E-state index contributed by atoms with van der Waals surface area (Å²) >= 11 is 0. The zero-order valence-electron chi connectivity index (χ0n) is 6.78. The van der Waals surface area contributed by atoms with Crippen LogP contribution in [0, 0.1) is 11.3 Å². The summed E-state index contributed by atoms with van der Waals surface area (Å²) in [6.45, 7) is 1.60. The lowest BCUT2D eigenvalue weighted by Gasteiger charge is -1.93. The van der Waals surface area contributed by atoms with Crippen LogP contribution in [0.2, 0.25) is 0 Å². The fourth-order valence-electron chi connectivity index (χ4n) is 0.939. The van der Waals surface area contributed by atoms with Gasteiger partial charge in [-0.3, -0.25) is 0 Å². The van der Waals surface area contributed by atoms with E-state index < -0.39 is 0 Å². The standard InChI is InChI=1S/C10H9NO/c1-8(12)5-9-3-2-4-10(6-9)7-11/h2-6,12H,1H3. The van der Waals surface area contributed by atoms with Gasteiger partial charge in [0.15, 0.2) is 0 Å². The van der Waals surface area contributed by atoms with Gasteiger partial charge in [-0.15, -0.1) is 0 Å². The van der Waals surface area contributed by atoms with Gasteiger partial charge in [-0.05, 0) is 30.7 Å². The molecular formula is C10H9NO. The number of aliphatic hydroxyl groups excluding tert-OH is 1. The first-order chi connectivity index (χ1) is 5.72. The van der Waals surface area contributed by atoms with Crippen LogP contribution in [0.5, 0.6) is 0 Å². The third-order valence-corrected chi connectivity index (χ3v) is 1.39. The SMILES string of the molecule is CC(O)=Cc1cccc(C#N)c1. The number of hydrogen-bond acceptors (Lipinski definition) is 2. The van der Waals surface area contributed by atoms with Crippen LogP contribution in [0.15, 0.2) is 30.0 Å². The van der Waals surface area contributed by atoms with E-state index in [0.29, 0.717) is 5.56 Å². The molecule has 2 heteroatoms. The van der Waals surface area contributed by atoms with Gasteiger partial charge < -0.3 is 5.11 Å². The molecule has 0 unspecified atom stereocenters. The molecule has 1 aromatic carbocycles. The zero-order valence-corrected chi connectivity index (χ0v) is 6.78. The fourth-order valence-corrected chi connectivity index (χ4v) is 0.939. The Morgan fingerprint density at radius 3 is 2.92 bits per heavy atom.